The summed E-state index contributed by atoms with van der Waals surface area (Å²) in [6, 6.07) is 2.18. The van der Waals surface area contributed by atoms with Gasteiger partial charge >= 0.3 is 0 Å². The van der Waals surface area contributed by atoms with Crippen molar-refractivity contribution < 1.29 is 18.4 Å². The smallest absolute Gasteiger partial charge is 0.257 e. The van der Waals surface area contributed by atoms with Gasteiger partial charge in [0.2, 0.25) is 5.91 Å². The van der Waals surface area contributed by atoms with Gasteiger partial charge in [-0.3, -0.25) is 9.59 Å². The second-order valence-corrected chi connectivity index (χ2v) is 8.43. The van der Waals surface area contributed by atoms with Gasteiger partial charge in [0.05, 0.1) is 5.69 Å². The molecule has 2 rings (SSSR count). The van der Waals surface area contributed by atoms with Crippen LogP contribution in [-0.4, -0.2) is 22.8 Å². The van der Waals surface area contributed by atoms with Gasteiger partial charge in [-0.25, -0.2) is 13.8 Å². The Labute approximate surface area is 161 Å². The van der Waals surface area contributed by atoms with E-state index in [2.05, 4.69) is 15.6 Å². The lowest BCUT2D eigenvalue weighted by atomic mass is 9.93. The minimum atomic E-state index is -0.981. The van der Waals surface area contributed by atoms with Crippen molar-refractivity contribution in [2.75, 3.05) is 5.32 Å². The number of carbonyl (C=O) groups excluding carboxylic acids is 2. The van der Waals surface area contributed by atoms with E-state index in [1.54, 1.807) is 13.8 Å². The summed E-state index contributed by atoms with van der Waals surface area (Å²) in [5.41, 5.74) is -0.0328. The molecule has 0 saturated carbocycles. The average Bonchev–Trinajstić information content (AvgIpc) is 3.00. The first-order valence-electron chi connectivity index (χ1n) is 8.52. The van der Waals surface area contributed by atoms with Gasteiger partial charge < -0.3 is 10.6 Å². The van der Waals surface area contributed by atoms with Crippen LogP contribution in [0.15, 0.2) is 23.6 Å². The molecule has 0 fully saturated rings. The standard InChI is InChI=1S/C19H23F2N3O2S/c1-10(2)15(23-16(25)14-11(20)7-6-8-12(14)21)17(26)24-18-22-13(9-27-18)19(3,4)5/h6-10,15H,1-5H3,(H,23,25)(H,22,24,26). The van der Waals surface area contributed by atoms with Crippen molar-refractivity contribution in [2.45, 2.75) is 46.1 Å². The van der Waals surface area contributed by atoms with E-state index in [1.165, 1.54) is 17.4 Å². The third-order valence-corrected chi connectivity index (χ3v) is 4.69. The zero-order chi connectivity index (χ0) is 20.4. The number of rotatable bonds is 5. The Kier molecular flexibility index (Phi) is 6.30. The predicted molar refractivity (Wildman–Crippen MR) is 102 cm³/mol. The highest BCUT2D eigenvalue weighted by atomic mass is 32.1. The van der Waals surface area contributed by atoms with Gasteiger partial charge in [0.25, 0.3) is 5.91 Å². The van der Waals surface area contributed by atoms with Crippen LogP contribution in [0.25, 0.3) is 0 Å². The maximum absolute atomic E-state index is 13.8. The van der Waals surface area contributed by atoms with Crippen molar-refractivity contribution in [2.24, 2.45) is 5.92 Å². The maximum Gasteiger partial charge on any atom is 0.257 e. The van der Waals surface area contributed by atoms with E-state index in [1.807, 2.05) is 26.2 Å². The Morgan fingerprint density at radius 2 is 1.74 bits per heavy atom. The highest BCUT2D eigenvalue weighted by molar-refractivity contribution is 7.14. The van der Waals surface area contributed by atoms with E-state index in [-0.39, 0.29) is 11.3 Å². The van der Waals surface area contributed by atoms with Gasteiger partial charge in [-0.15, -0.1) is 11.3 Å². The highest BCUT2D eigenvalue weighted by Gasteiger charge is 2.28. The Morgan fingerprint density at radius 1 is 1.15 bits per heavy atom. The third-order valence-electron chi connectivity index (χ3n) is 3.93. The van der Waals surface area contributed by atoms with Crippen LogP contribution in [0.4, 0.5) is 13.9 Å². The molecule has 1 aromatic heterocycles. The van der Waals surface area contributed by atoms with Crippen molar-refractivity contribution in [1.82, 2.24) is 10.3 Å². The molecule has 0 aliphatic heterocycles. The first kappa shape index (κ1) is 21.0. The molecule has 0 aliphatic carbocycles. The molecule has 2 amide bonds. The summed E-state index contributed by atoms with van der Waals surface area (Å²) in [4.78, 5) is 29.3. The van der Waals surface area contributed by atoms with Crippen LogP contribution in [-0.2, 0) is 10.2 Å². The van der Waals surface area contributed by atoms with E-state index in [0.717, 1.165) is 17.8 Å². The van der Waals surface area contributed by atoms with Crippen LogP contribution in [0.1, 0.15) is 50.7 Å². The molecule has 8 heteroatoms. The normalized spacial score (nSPS) is 12.7. The summed E-state index contributed by atoms with van der Waals surface area (Å²) in [6.45, 7) is 9.48. The fourth-order valence-corrected chi connectivity index (χ4v) is 3.26. The summed E-state index contributed by atoms with van der Waals surface area (Å²) in [7, 11) is 0. The molecule has 5 nitrogen and oxygen atoms in total. The van der Waals surface area contributed by atoms with E-state index in [4.69, 9.17) is 0 Å². The number of hydrogen-bond acceptors (Lipinski definition) is 4. The van der Waals surface area contributed by atoms with E-state index >= 15 is 0 Å². The van der Waals surface area contributed by atoms with E-state index in [9.17, 15) is 18.4 Å². The Balaban J connectivity index is 2.16. The van der Waals surface area contributed by atoms with Crippen LogP contribution in [0, 0.1) is 17.6 Å². The van der Waals surface area contributed by atoms with Gasteiger partial charge in [0, 0.05) is 10.8 Å². The molecular formula is C19H23F2N3O2S. The van der Waals surface area contributed by atoms with Gasteiger partial charge in [-0.05, 0) is 18.1 Å². The predicted octanol–water partition coefficient (Wildman–Crippen LogP) is 4.11. The summed E-state index contributed by atoms with van der Waals surface area (Å²) in [5, 5.41) is 7.34. The summed E-state index contributed by atoms with van der Waals surface area (Å²) >= 11 is 1.28. The van der Waals surface area contributed by atoms with Crippen molar-refractivity contribution >= 4 is 28.3 Å². The molecule has 1 heterocycles. The molecule has 146 valence electrons. The fourth-order valence-electron chi connectivity index (χ4n) is 2.32. The topological polar surface area (TPSA) is 71.1 Å². The lowest BCUT2D eigenvalue weighted by molar-refractivity contribution is -0.118. The van der Waals surface area contributed by atoms with Gasteiger partial charge in [0.1, 0.15) is 23.2 Å². The van der Waals surface area contributed by atoms with Crippen LogP contribution >= 0.6 is 11.3 Å². The second kappa shape index (κ2) is 8.12. The maximum atomic E-state index is 13.8. The largest absolute Gasteiger partial charge is 0.340 e. The molecule has 1 atom stereocenters. The number of hydrogen-bond donors (Lipinski definition) is 2. The number of benzene rings is 1. The summed E-state index contributed by atoms with van der Waals surface area (Å²) < 4.78 is 27.6. The van der Waals surface area contributed by atoms with Gasteiger partial charge in [0.15, 0.2) is 5.13 Å². The first-order chi connectivity index (χ1) is 12.5. The number of carbonyl (C=O) groups is 2. The molecule has 1 unspecified atom stereocenters. The zero-order valence-corrected chi connectivity index (χ0v) is 16.7. The number of nitrogens with zero attached hydrogens (tertiary/aromatic N) is 1. The van der Waals surface area contributed by atoms with Crippen LogP contribution in [0.2, 0.25) is 0 Å². The first-order valence-corrected chi connectivity index (χ1v) is 9.40. The van der Waals surface area contributed by atoms with E-state index in [0.29, 0.717) is 5.13 Å². The number of aromatic nitrogens is 1. The molecule has 2 aromatic rings. The van der Waals surface area contributed by atoms with Crippen molar-refractivity contribution in [1.29, 1.82) is 0 Å². The molecule has 0 aliphatic rings. The minimum Gasteiger partial charge on any atom is -0.340 e. The number of amides is 2. The number of anilines is 1. The highest BCUT2D eigenvalue weighted by Crippen LogP contribution is 2.26. The van der Waals surface area contributed by atoms with Crippen molar-refractivity contribution in [3.8, 4) is 0 Å². The third kappa shape index (κ3) is 5.09. The molecule has 1 aromatic carbocycles. The van der Waals surface area contributed by atoms with Crippen molar-refractivity contribution in [3.05, 3.63) is 46.5 Å². The second-order valence-electron chi connectivity index (χ2n) is 7.57. The molecule has 0 spiro atoms. The molecule has 27 heavy (non-hydrogen) atoms. The summed E-state index contributed by atoms with van der Waals surface area (Å²) in [5.74, 6) is -3.74. The lowest BCUT2D eigenvalue weighted by Crippen LogP contribution is -2.47. The van der Waals surface area contributed by atoms with Crippen LogP contribution in [0.3, 0.4) is 0 Å². The SMILES string of the molecule is CC(C)C(NC(=O)c1c(F)cccc1F)C(=O)Nc1nc(C(C)(C)C)cs1. The summed E-state index contributed by atoms with van der Waals surface area (Å²) in [6.07, 6.45) is 0. The Bertz CT molecular complexity index is 823. The number of nitrogens with one attached hydrogen (secondary N) is 2. The zero-order valence-electron chi connectivity index (χ0n) is 15.9. The van der Waals surface area contributed by atoms with E-state index < -0.39 is 35.1 Å². The van der Waals surface area contributed by atoms with Crippen LogP contribution < -0.4 is 10.6 Å². The van der Waals surface area contributed by atoms with Gasteiger partial charge in [-0.2, -0.15) is 0 Å². The van der Waals surface area contributed by atoms with Crippen LogP contribution in [0.5, 0.6) is 0 Å². The van der Waals surface area contributed by atoms with Crippen molar-refractivity contribution in [3.63, 3.8) is 0 Å². The monoisotopic (exact) mass is 395 g/mol. The fraction of sp³-hybridized carbons (Fsp3) is 0.421. The molecule has 0 saturated heterocycles. The quantitative estimate of drug-likeness (QED) is 0.800. The molecule has 2 N–H and O–H groups in total. The van der Waals surface area contributed by atoms with Gasteiger partial charge in [-0.1, -0.05) is 40.7 Å². The molecular weight excluding hydrogens is 372 g/mol. The molecule has 0 bridgehead atoms. The number of halogens is 2. The minimum absolute atomic E-state index is 0.159. The lowest BCUT2D eigenvalue weighted by Gasteiger charge is -2.21. The number of thiazole rings is 1. The molecule has 0 radical (unpaired) electrons. The Morgan fingerprint density at radius 3 is 2.22 bits per heavy atom. The Hall–Kier alpha value is -2.35. The average molecular weight is 395 g/mol.